The Bertz CT molecular complexity index is 238. The maximum atomic E-state index is 3.10. The van der Waals surface area contributed by atoms with Crippen LogP contribution in [0.4, 0.5) is 0 Å². The van der Waals surface area contributed by atoms with Gasteiger partial charge in [0.05, 0.1) is 0 Å². The summed E-state index contributed by atoms with van der Waals surface area (Å²) in [6.07, 6.45) is 2.76. The van der Waals surface area contributed by atoms with Crippen LogP contribution in [0.25, 0.3) is 0 Å². The molecule has 1 saturated carbocycles. The maximum absolute atomic E-state index is 3.10. The summed E-state index contributed by atoms with van der Waals surface area (Å²) in [6.45, 7) is 1.07. The molecule has 2 rings (SSSR count). The summed E-state index contributed by atoms with van der Waals surface area (Å²) in [4.78, 5) is 2.42. The molecule has 0 N–H and O–H groups in total. The molecule has 1 nitrogen and oxygen atoms in total. The summed E-state index contributed by atoms with van der Waals surface area (Å²) in [6, 6.07) is 12.2. The van der Waals surface area contributed by atoms with Crippen LogP contribution in [-0.2, 0) is 6.54 Å². The van der Waals surface area contributed by atoms with E-state index >= 15 is 0 Å². The van der Waals surface area contributed by atoms with Crippen molar-refractivity contribution in [2.24, 2.45) is 0 Å². The Kier molecular flexibility index (Phi) is 2.13. The minimum Gasteiger partial charge on any atom is -0.299 e. The number of hydrogen-bond acceptors (Lipinski definition) is 1. The molecule has 1 radical (unpaired) electrons. The van der Waals surface area contributed by atoms with Gasteiger partial charge < -0.3 is 0 Å². The average Bonchev–Trinajstić information content (AvgIpc) is 2.88. The minimum absolute atomic E-state index is 0.852. The van der Waals surface area contributed by atoms with Gasteiger partial charge in [-0.2, -0.15) is 0 Å². The quantitative estimate of drug-likeness (QED) is 0.654. The number of hydrogen-bond donors (Lipinski definition) is 0. The van der Waals surface area contributed by atoms with Gasteiger partial charge in [0.1, 0.15) is 0 Å². The molecule has 1 aromatic carbocycles. The first-order valence-corrected chi connectivity index (χ1v) is 4.51. The molecule has 0 aliphatic heterocycles. The van der Waals surface area contributed by atoms with E-state index in [0.29, 0.717) is 0 Å². The molecule has 0 atom stereocenters. The van der Waals surface area contributed by atoms with Gasteiger partial charge in [-0.15, -0.1) is 0 Å². The second kappa shape index (κ2) is 3.28. The van der Waals surface area contributed by atoms with Crippen molar-refractivity contribution in [3.8, 4) is 0 Å². The summed E-state index contributed by atoms with van der Waals surface area (Å²) in [7, 11) is 2.20. The summed E-state index contributed by atoms with van der Waals surface area (Å²) in [5.74, 6) is 0. The molecular weight excluding hydrogens is 146 g/mol. The minimum atomic E-state index is 0.852. The largest absolute Gasteiger partial charge is 0.299 e. The van der Waals surface area contributed by atoms with Gasteiger partial charge in [-0.3, -0.25) is 4.90 Å². The van der Waals surface area contributed by atoms with Crippen LogP contribution in [0.5, 0.6) is 0 Å². The monoisotopic (exact) mass is 160 g/mol. The van der Waals surface area contributed by atoms with E-state index in [1.165, 1.54) is 18.4 Å². The average molecular weight is 160 g/mol. The molecule has 0 unspecified atom stereocenters. The zero-order valence-corrected chi connectivity index (χ0v) is 7.46. The number of rotatable bonds is 3. The fourth-order valence-corrected chi connectivity index (χ4v) is 1.46. The van der Waals surface area contributed by atoms with Crippen LogP contribution in [0.15, 0.2) is 24.3 Å². The highest BCUT2D eigenvalue weighted by molar-refractivity contribution is 5.13. The van der Waals surface area contributed by atoms with E-state index in [1.54, 1.807) is 0 Å². The zero-order chi connectivity index (χ0) is 8.39. The third-order valence-corrected chi connectivity index (χ3v) is 2.37. The second-order valence-electron chi connectivity index (χ2n) is 3.56. The van der Waals surface area contributed by atoms with E-state index in [9.17, 15) is 0 Å². The van der Waals surface area contributed by atoms with Crippen LogP contribution in [-0.4, -0.2) is 18.0 Å². The van der Waals surface area contributed by atoms with E-state index in [0.717, 1.165) is 12.6 Å². The van der Waals surface area contributed by atoms with E-state index in [-0.39, 0.29) is 0 Å². The van der Waals surface area contributed by atoms with Gasteiger partial charge in [0.25, 0.3) is 0 Å². The fourth-order valence-electron chi connectivity index (χ4n) is 1.46. The van der Waals surface area contributed by atoms with Crippen molar-refractivity contribution < 1.29 is 0 Å². The zero-order valence-electron chi connectivity index (χ0n) is 7.46. The van der Waals surface area contributed by atoms with Crippen molar-refractivity contribution in [3.63, 3.8) is 0 Å². The van der Waals surface area contributed by atoms with Crippen molar-refractivity contribution in [3.05, 3.63) is 35.9 Å². The smallest absolute Gasteiger partial charge is 0.0233 e. The highest BCUT2D eigenvalue weighted by Crippen LogP contribution is 2.26. The van der Waals surface area contributed by atoms with Crippen LogP contribution < -0.4 is 0 Å². The second-order valence-corrected chi connectivity index (χ2v) is 3.56. The lowest BCUT2D eigenvalue weighted by molar-refractivity contribution is 0.316. The maximum Gasteiger partial charge on any atom is 0.0233 e. The highest BCUT2D eigenvalue weighted by atomic mass is 15.1. The SMILES string of the molecule is CN(Cc1c[c]ccc1)C1CC1. The number of benzene rings is 1. The molecule has 0 bridgehead atoms. The van der Waals surface area contributed by atoms with Crippen molar-refractivity contribution in [1.82, 2.24) is 4.90 Å². The molecule has 0 heterocycles. The van der Waals surface area contributed by atoms with Crippen LogP contribution in [0.1, 0.15) is 18.4 Å². The lowest BCUT2D eigenvalue weighted by atomic mass is 10.2. The first-order valence-electron chi connectivity index (χ1n) is 4.51. The Labute approximate surface area is 74.0 Å². The topological polar surface area (TPSA) is 3.24 Å². The molecule has 0 amide bonds. The van der Waals surface area contributed by atoms with E-state index in [4.69, 9.17) is 0 Å². The molecule has 1 fully saturated rings. The Morgan fingerprint density at radius 3 is 3.00 bits per heavy atom. The van der Waals surface area contributed by atoms with Crippen LogP contribution >= 0.6 is 0 Å². The predicted octanol–water partition coefficient (Wildman–Crippen LogP) is 2.08. The van der Waals surface area contributed by atoms with Crippen molar-refractivity contribution in [2.75, 3.05) is 7.05 Å². The Morgan fingerprint density at radius 1 is 1.58 bits per heavy atom. The van der Waals surface area contributed by atoms with Gasteiger partial charge in [0, 0.05) is 12.6 Å². The molecule has 0 saturated heterocycles. The first-order chi connectivity index (χ1) is 5.86. The van der Waals surface area contributed by atoms with Gasteiger partial charge in [-0.25, -0.2) is 0 Å². The lowest BCUT2D eigenvalue weighted by Gasteiger charge is -2.14. The van der Waals surface area contributed by atoms with Crippen LogP contribution in [0.2, 0.25) is 0 Å². The molecular formula is C11H14N. The molecule has 63 valence electrons. The third-order valence-electron chi connectivity index (χ3n) is 2.37. The Morgan fingerprint density at radius 2 is 2.42 bits per heavy atom. The first kappa shape index (κ1) is 7.81. The molecule has 0 spiro atoms. The summed E-state index contributed by atoms with van der Waals surface area (Å²) in [5, 5.41) is 0. The van der Waals surface area contributed by atoms with Gasteiger partial charge >= 0.3 is 0 Å². The Balaban J connectivity index is 1.94. The van der Waals surface area contributed by atoms with Crippen LogP contribution in [0.3, 0.4) is 0 Å². The molecule has 1 aliphatic carbocycles. The summed E-state index contributed by atoms with van der Waals surface area (Å²) >= 11 is 0. The normalized spacial score (nSPS) is 16.8. The summed E-state index contributed by atoms with van der Waals surface area (Å²) < 4.78 is 0. The Hall–Kier alpha value is -0.820. The summed E-state index contributed by atoms with van der Waals surface area (Å²) in [5.41, 5.74) is 1.37. The lowest BCUT2D eigenvalue weighted by Crippen LogP contribution is -2.19. The van der Waals surface area contributed by atoms with Gasteiger partial charge in [-0.1, -0.05) is 18.2 Å². The van der Waals surface area contributed by atoms with E-state index in [2.05, 4.69) is 36.2 Å². The van der Waals surface area contributed by atoms with E-state index < -0.39 is 0 Å². The van der Waals surface area contributed by atoms with Crippen molar-refractivity contribution in [2.45, 2.75) is 25.4 Å². The third kappa shape index (κ3) is 1.86. The standard InChI is InChI=1S/C11H14N/c1-12(11-7-8-11)9-10-5-3-2-4-6-10/h2-3,5-6,11H,7-9H2,1H3. The number of nitrogens with zero attached hydrogens (tertiary/aromatic N) is 1. The molecule has 1 aliphatic rings. The van der Waals surface area contributed by atoms with E-state index in [1.807, 2.05) is 6.07 Å². The molecule has 1 heteroatoms. The predicted molar refractivity (Wildman–Crippen MR) is 49.8 cm³/mol. The van der Waals surface area contributed by atoms with Crippen molar-refractivity contribution in [1.29, 1.82) is 0 Å². The van der Waals surface area contributed by atoms with Gasteiger partial charge in [-0.05, 0) is 37.6 Å². The fraction of sp³-hybridized carbons (Fsp3) is 0.455. The molecule has 0 aromatic heterocycles. The van der Waals surface area contributed by atoms with Crippen molar-refractivity contribution >= 4 is 0 Å². The van der Waals surface area contributed by atoms with Crippen LogP contribution in [0, 0.1) is 6.07 Å². The molecule has 12 heavy (non-hydrogen) atoms. The highest BCUT2D eigenvalue weighted by Gasteiger charge is 2.25. The molecule has 1 aromatic rings. The van der Waals surface area contributed by atoms with Gasteiger partial charge in [0.15, 0.2) is 0 Å². The van der Waals surface area contributed by atoms with Gasteiger partial charge in [0.2, 0.25) is 0 Å².